The number of amides is 2. The van der Waals surface area contributed by atoms with Gasteiger partial charge in [-0.2, -0.15) is 0 Å². The molecule has 2 amide bonds. The molecule has 1 heterocycles. The highest BCUT2D eigenvalue weighted by Crippen LogP contribution is 2.37. The molecule has 96 valence electrons. The molecule has 2 fully saturated rings. The zero-order valence-electron chi connectivity index (χ0n) is 10.1. The third kappa shape index (κ3) is 2.21. The molecule has 0 aromatic heterocycles. The van der Waals surface area contributed by atoms with Gasteiger partial charge in [0.15, 0.2) is 0 Å². The van der Waals surface area contributed by atoms with Crippen molar-refractivity contribution in [3.05, 3.63) is 0 Å². The van der Waals surface area contributed by atoms with Crippen molar-refractivity contribution in [2.45, 2.75) is 44.8 Å². The fourth-order valence-electron chi connectivity index (χ4n) is 2.77. The zero-order valence-corrected chi connectivity index (χ0v) is 10.1. The second kappa shape index (κ2) is 4.74. The van der Waals surface area contributed by atoms with E-state index in [1.165, 1.54) is 4.90 Å². The second-order valence-corrected chi connectivity index (χ2v) is 5.19. The Labute approximate surface area is 101 Å². The highest BCUT2D eigenvalue weighted by atomic mass is 16.3. The van der Waals surface area contributed by atoms with Crippen LogP contribution in [-0.2, 0) is 9.59 Å². The molecule has 0 bridgehead atoms. The lowest BCUT2D eigenvalue weighted by Crippen LogP contribution is -2.46. The Hall–Kier alpha value is -0.940. The van der Waals surface area contributed by atoms with Crippen LogP contribution < -0.4 is 5.73 Å². The lowest BCUT2D eigenvalue weighted by molar-refractivity contribution is -0.140. The van der Waals surface area contributed by atoms with Gasteiger partial charge in [0.25, 0.3) is 0 Å². The molecule has 0 aromatic carbocycles. The van der Waals surface area contributed by atoms with E-state index in [0.717, 1.165) is 25.7 Å². The molecule has 3 N–H and O–H groups in total. The van der Waals surface area contributed by atoms with Crippen LogP contribution in [-0.4, -0.2) is 40.5 Å². The third-order valence-electron chi connectivity index (χ3n) is 3.95. The van der Waals surface area contributed by atoms with Crippen molar-refractivity contribution in [1.29, 1.82) is 0 Å². The average molecular weight is 240 g/mol. The fraction of sp³-hybridized carbons (Fsp3) is 0.833. The summed E-state index contributed by atoms with van der Waals surface area (Å²) in [7, 11) is 0. The maximum absolute atomic E-state index is 12.1. The monoisotopic (exact) mass is 240 g/mol. The van der Waals surface area contributed by atoms with Gasteiger partial charge in [-0.3, -0.25) is 14.5 Å². The molecule has 0 spiro atoms. The van der Waals surface area contributed by atoms with Gasteiger partial charge in [-0.15, -0.1) is 0 Å². The van der Waals surface area contributed by atoms with Crippen molar-refractivity contribution in [3.63, 3.8) is 0 Å². The Balaban J connectivity index is 2.08. The molecular weight excluding hydrogens is 220 g/mol. The smallest absolute Gasteiger partial charge is 0.233 e. The van der Waals surface area contributed by atoms with E-state index in [9.17, 15) is 14.7 Å². The first-order chi connectivity index (χ1) is 8.02. The second-order valence-electron chi connectivity index (χ2n) is 5.19. The number of fused-ring (bicyclic) bond motifs is 1. The van der Waals surface area contributed by atoms with Crippen LogP contribution in [0.1, 0.15) is 32.6 Å². The quantitative estimate of drug-likeness (QED) is 0.673. The van der Waals surface area contributed by atoms with E-state index in [4.69, 9.17) is 5.73 Å². The van der Waals surface area contributed by atoms with Gasteiger partial charge in [-0.25, -0.2) is 0 Å². The molecule has 1 aliphatic carbocycles. The summed E-state index contributed by atoms with van der Waals surface area (Å²) < 4.78 is 0. The number of hydrogen-bond donors (Lipinski definition) is 2. The number of imide groups is 1. The Morgan fingerprint density at radius 2 is 1.76 bits per heavy atom. The minimum absolute atomic E-state index is 0.0872. The minimum atomic E-state index is -0.710. The van der Waals surface area contributed by atoms with Gasteiger partial charge in [0.05, 0.1) is 17.9 Å². The summed E-state index contributed by atoms with van der Waals surface area (Å²) in [6, 6.07) is -0.553. The molecule has 4 unspecified atom stereocenters. The number of rotatable bonds is 3. The summed E-state index contributed by atoms with van der Waals surface area (Å²) in [6.07, 6.45) is 2.97. The fourth-order valence-corrected chi connectivity index (χ4v) is 2.77. The molecular formula is C12H20N2O3. The van der Waals surface area contributed by atoms with Crippen molar-refractivity contribution in [1.82, 2.24) is 4.90 Å². The van der Waals surface area contributed by atoms with E-state index in [2.05, 4.69) is 0 Å². The molecule has 1 saturated heterocycles. The standard InChI is InChI=1S/C12H20N2O3/c1-7(15)10(13)6-14-11(16)8-4-2-3-5-9(8)12(14)17/h7-10,15H,2-6,13H2,1H3. The van der Waals surface area contributed by atoms with Crippen LogP contribution in [0.25, 0.3) is 0 Å². The van der Waals surface area contributed by atoms with E-state index < -0.39 is 12.1 Å². The molecule has 5 nitrogen and oxygen atoms in total. The molecule has 2 rings (SSSR count). The predicted octanol–water partition coefficient (Wildman–Crippen LogP) is -0.130. The number of hydrogen-bond acceptors (Lipinski definition) is 4. The summed E-state index contributed by atoms with van der Waals surface area (Å²) in [5.74, 6) is -0.429. The van der Waals surface area contributed by atoms with Crippen LogP contribution in [0.15, 0.2) is 0 Å². The van der Waals surface area contributed by atoms with Crippen molar-refractivity contribution >= 4 is 11.8 Å². The summed E-state index contributed by atoms with van der Waals surface area (Å²) in [5, 5.41) is 9.34. The molecule has 1 aliphatic heterocycles. The van der Waals surface area contributed by atoms with Gasteiger partial charge in [-0.05, 0) is 19.8 Å². The first kappa shape index (κ1) is 12.5. The highest BCUT2D eigenvalue weighted by Gasteiger charge is 2.48. The van der Waals surface area contributed by atoms with Crippen LogP contribution in [0.2, 0.25) is 0 Å². The Morgan fingerprint density at radius 1 is 1.29 bits per heavy atom. The van der Waals surface area contributed by atoms with Crippen molar-refractivity contribution in [2.24, 2.45) is 17.6 Å². The van der Waals surface area contributed by atoms with E-state index in [-0.39, 0.29) is 30.2 Å². The van der Waals surface area contributed by atoms with Gasteiger partial charge >= 0.3 is 0 Å². The Bertz CT molecular complexity index is 306. The van der Waals surface area contributed by atoms with E-state index >= 15 is 0 Å². The summed E-state index contributed by atoms with van der Waals surface area (Å²) in [4.78, 5) is 25.4. The first-order valence-electron chi connectivity index (χ1n) is 6.31. The van der Waals surface area contributed by atoms with Gasteiger partial charge in [0.1, 0.15) is 0 Å². The number of aliphatic hydroxyl groups excluding tert-OH is 1. The number of likely N-dealkylation sites (tertiary alicyclic amines) is 1. The molecule has 5 heteroatoms. The van der Waals surface area contributed by atoms with Crippen LogP contribution in [0.3, 0.4) is 0 Å². The largest absolute Gasteiger partial charge is 0.392 e. The summed E-state index contributed by atoms with van der Waals surface area (Å²) >= 11 is 0. The number of nitrogens with zero attached hydrogens (tertiary/aromatic N) is 1. The SMILES string of the molecule is CC(O)C(N)CN1C(=O)C2CCCCC2C1=O. The maximum Gasteiger partial charge on any atom is 0.233 e. The lowest BCUT2D eigenvalue weighted by Gasteiger charge is -2.21. The Morgan fingerprint density at radius 3 is 2.18 bits per heavy atom. The molecule has 1 saturated carbocycles. The minimum Gasteiger partial charge on any atom is -0.392 e. The third-order valence-corrected chi connectivity index (χ3v) is 3.95. The van der Waals surface area contributed by atoms with Crippen molar-refractivity contribution in [3.8, 4) is 0 Å². The number of carbonyl (C=O) groups is 2. The molecule has 2 aliphatic rings. The normalized spacial score (nSPS) is 32.5. The van der Waals surface area contributed by atoms with Crippen LogP contribution in [0.4, 0.5) is 0 Å². The van der Waals surface area contributed by atoms with Gasteiger partial charge in [0, 0.05) is 12.6 Å². The van der Waals surface area contributed by atoms with E-state index in [0.29, 0.717) is 0 Å². The van der Waals surface area contributed by atoms with E-state index in [1.54, 1.807) is 6.92 Å². The summed E-state index contributed by atoms with van der Waals surface area (Å²) in [5.41, 5.74) is 5.71. The first-order valence-corrected chi connectivity index (χ1v) is 6.31. The van der Waals surface area contributed by atoms with Crippen LogP contribution in [0, 0.1) is 11.8 Å². The summed E-state index contributed by atoms with van der Waals surface area (Å²) in [6.45, 7) is 1.71. The van der Waals surface area contributed by atoms with Gasteiger partial charge < -0.3 is 10.8 Å². The molecule has 4 atom stereocenters. The Kier molecular flexibility index (Phi) is 3.49. The number of aliphatic hydroxyl groups is 1. The van der Waals surface area contributed by atoms with Crippen molar-refractivity contribution < 1.29 is 14.7 Å². The highest BCUT2D eigenvalue weighted by molar-refractivity contribution is 6.05. The number of carbonyl (C=O) groups excluding carboxylic acids is 2. The molecule has 0 radical (unpaired) electrons. The van der Waals surface area contributed by atoms with Crippen LogP contribution >= 0.6 is 0 Å². The lowest BCUT2D eigenvalue weighted by atomic mass is 9.81. The molecule has 17 heavy (non-hydrogen) atoms. The van der Waals surface area contributed by atoms with Crippen LogP contribution in [0.5, 0.6) is 0 Å². The molecule has 0 aromatic rings. The number of nitrogens with two attached hydrogens (primary N) is 1. The van der Waals surface area contributed by atoms with Gasteiger partial charge in [-0.1, -0.05) is 12.8 Å². The zero-order chi connectivity index (χ0) is 12.6. The average Bonchev–Trinajstić information content (AvgIpc) is 2.55. The van der Waals surface area contributed by atoms with Gasteiger partial charge in [0.2, 0.25) is 11.8 Å². The maximum atomic E-state index is 12.1. The van der Waals surface area contributed by atoms with E-state index in [1.807, 2.05) is 0 Å². The predicted molar refractivity (Wildman–Crippen MR) is 61.8 cm³/mol. The topological polar surface area (TPSA) is 83.6 Å². The van der Waals surface area contributed by atoms with Crippen molar-refractivity contribution in [2.75, 3.05) is 6.54 Å².